The molecule has 1 aliphatic rings. The highest BCUT2D eigenvalue weighted by atomic mass is 32.2. The summed E-state index contributed by atoms with van der Waals surface area (Å²) in [7, 11) is -2.88. The Hall–Kier alpha value is -1.37. The Kier molecular flexibility index (Phi) is 3.19. The Bertz CT molecular complexity index is 521. The minimum Gasteiger partial charge on any atom is -0.349 e. The predicted molar refractivity (Wildman–Crippen MR) is 62.4 cm³/mol. The van der Waals surface area contributed by atoms with E-state index in [0.29, 0.717) is 13.0 Å². The number of rotatable bonds is 3. The molecule has 2 heterocycles. The number of sulfone groups is 1. The number of hydrogen-bond acceptors (Lipinski definition) is 4. The number of carbonyl (C=O) groups excluding carboxylic acids is 1. The Labute approximate surface area is 99.7 Å². The van der Waals surface area contributed by atoms with E-state index in [1.54, 1.807) is 6.20 Å². The summed E-state index contributed by atoms with van der Waals surface area (Å²) in [6.45, 7) is 2.20. The SMILES string of the molecule is Cc1cnc(C(=O)NC[C@H]2CCS(=O)(=O)C2)[nH]1. The molecule has 0 spiro atoms. The molecule has 6 nitrogen and oxygen atoms in total. The Balaban J connectivity index is 1.85. The summed E-state index contributed by atoms with van der Waals surface area (Å²) >= 11 is 0. The number of aromatic nitrogens is 2. The van der Waals surface area contributed by atoms with Crippen LogP contribution in [0.3, 0.4) is 0 Å². The molecule has 1 fully saturated rings. The fourth-order valence-electron chi connectivity index (χ4n) is 1.88. The largest absolute Gasteiger partial charge is 0.349 e. The topological polar surface area (TPSA) is 91.9 Å². The number of nitrogens with zero attached hydrogens (tertiary/aromatic N) is 1. The van der Waals surface area contributed by atoms with E-state index >= 15 is 0 Å². The molecule has 1 aromatic rings. The van der Waals surface area contributed by atoms with Crippen molar-refractivity contribution in [1.82, 2.24) is 15.3 Å². The van der Waals surface area contributed by atoms with Crippen molar-refractivity contribution in [3.8, 4) is 0 Å². The number of nitrogens with one attached hydrogen (secondary N) is 2. The van der Waals surface area contributed by atoms with Crippen LogP contribution in [0.15, 0.2) is 6.20 Å². The van der Waals surface area contributed by atoms with Gasteiger partial charge in [0.05, 0.1) is 11.5 Å². The number of H-pyrrole nitrogens is 1. The molecule has 1 amide bonds. The van der Waals surface area contributed by atoms with E-state index in [0.717, 1.165) is 5.69 Å². The second-order valence-corrected chi connectivity index (χ2v) is 6.62. The van der Waals surface area contributed by atoms with Crippen LogP contribution in [0.2, 0.25) is 0 Å². The zero-order chi connectivity index (χ0) is 12.5. The molecule has 1 aromatic heterocycles. The quantitative estimate of drug-likeness (QED) is 0.789. The molecule has 17 heavy (non-hydrogen) atoms. The maximum atomic E-state index is 11.6. The lowest BCUT2D eigenvalue weighted by molar-refractivity contribution is 0.0939. The van der Waals surface area contributed by atoms with E-state index in [2.05, 4.69) is 15.3 Å². The summed E-state index contributed by atoms with van der Waals surface area (Å²) in [4.78, 5) is 18.4. The van der Waals surface area contributed by atoms with Crippen LogP contribution in [0.5, 0.6) is 0 Å². The molecule has 0 unspecified atom stereocenters. The number of aryl methyl sites for hydroxylation is 1. The fraction of sp³-hybridized carbons (Fsp3) is 0.600. The maximum Gasteiger partial charge on any atom is 0.287 e. The highest BCUT2D eigenvalue weighted by molar-refractivity contribution is 7.91. The van der Waals surface area contributed by atoms with E-state index in [4.69, 9.17) is 0 Å². The van der Waals surface area contributed by atoms with Crippen molar-refractivity contribution in [2.75, 3.05) is 18.1 Å². The summed E-state index contributed by atoms with van der Waals surface area (Å²) in [5.41, 5.74) is 0.818. The van der Waals surface area contributed by atoms with Crippen LogP contribution in [0.4, 0.5) is 0 Å². The van der Waals surface area contributed by atoms with Crippen LogP contribution in [0, 0.1) is 12.8 Å². The Morgan fingerprint density at radius 2 is 2.41 bits per heavy atom. The van der Waals surface area contributed by atoms with Gasteiger partial charge < -0.3 is 10.3 Å². The van der Waals surface area contributed by atoms with Gasteiger partial charge in [0.15, 0.2) is 15.7 Å². The van der Waals surface area contributed by atoms with Crippen LogP contribution in [-0.4, -0.2) is 42.3 Å². The fourth-order valence-corrected chi connectivity index (χ4v) is 3.74. The van der Waals surface area contributed by atoms with Gasteiger partial charge in [-0.05, 0) is 19.3 Å². The molecule has 0 bridgehead atoms. The maximum absolute atomic E-state index is 11.6. The Morgan fingerprint density at radius 3 is 2.94 bits per heavy atom. The van der Waals surface area contributed by atoms with Gasteiger partial charge in [-0.2, -0.15) is 0 Å². The van der Waals surface area contributed by atoms with Gasteiger partial charge >= 0.3 is 0 Å². The van der Waals surface area contributed by atoms with Gasteiger partial charge in [0, 0.05) is 18.4 Å². The van der Waals surface area contributed by atoms with Crippen LogP contribution >= 0.6 is 0 Å². The van der Waals surface area contributed by atoms with Crippen LogP contribution < -0.4 is 5.32 Å². The second-order valence-electron chi connectivity index (χ2n) is 4.39. The second kappa shape index (κ2) is 4.48. The van der Waals surface area contributed by atoms with Crippen molar-refractivity contribution >= 4 is 15.7 Å². The van der Waals surface area contributed by atoms with Gasteiger partial charge in [-0.25, -0.2) is 13.4 Å². The molecule has 1 aliphatic heterocycles. The van der Waals surface area contributed by atoms with Crippen molar-refractivity contribution in [2.24, 2.45) is 5.92 Å². The lowest BCUT2D eigenvalue weighted by atomic mass is 10.1. The first-order valence-electron chi connectivity index (χ1n) is 5.46. The first kappa shape index (κ1) is 12.1. The number of amides is 1. The van der Waals surface area contributed by atoms with Gasteiger partial charge in [-0.1, -0.05) is 0 Å². The summed E-state index contributed by atoms with van der Waals surface area (Å²) < 4.78 is 22.5. The van der Waals surface area contributed by atoms with Crippen molar-refractivity contribution in [3.63, 3.8) is 0 Å². The van der Waals surface area contributed by atoms with Gasteiger partial charge in [0.25, 0.3) is 5.91 Å². The predicted octanol–water partition coefficient (Wildman–Crippen LogP) is -0.117. The Morgan fingerprint density at radius 1 is 1.65 bits per heavy atom. The van der Waals surface area contributed by atoms with E-state index in [9.17, 15) is 13.2 Å². The summed E-state index contributed by atoms with van der Waals surface area (Å²) in [5, 5.41) is 2.69. The average Bonchev–Trinajstić information content (AvgIpc) is 2.81. The molecule has 1 atom stereocenters. The third kappa shape index (κ3) is 3.06. The first-order valence-corrected chi connectivity index (χ1v) is 7.28. The van der Waals surface area contributed by atoms with Crippen LogP contribution in [0.1, 0.15) is 22.7 Å². The van der Waals surface area contributed by atoms with Crippen molar-refractivity contribution in [2.45, 2.75) is 13.3 Å². The first-order chi connectivity index (χ1) is 7.96. The minimum absolute atomic E-state index is 0.0278. The summed E-state index contributed by atoms with van der Waals surface area (Å²) in [5.74, 6) is 0.406. The highest BCUT2D eigenvalue weighted by Crippen LogP contribution is 2.17. The highest BCUT2D eigenvalue weighted by Gasteiger charge is 2.28. The molecule has 1 saturated heterocycles. The molecule has 7 heteroatoms. The minimum atomic E-state index is -2.88. The van der Waals surface area contributed by atoms with Crippen molar-refractivity contribution in [3.05, 3.63) is 17.7 Å². The number of aromatic amines is 1. The standard InChI is InChI=1S/C10H15N3O3S/c1-7-4-11-9(13-7)10(14)12-5-8-2-3-17(15,16)6-8/h4,8H,2-3,5-6H2,1H3,(H,11,13)(H,12,14)/t8-/m1/s1. The molecular weight excluding hydrogens is 242 g/mol. The van der Waals surface area contributed by atoms with Gasteiger partial charge in [0.2, 0.25) is 0 Å². The van der Waals surface area contributed by atoms with Gasteiger partial charge in [-0.3, -0.25) is 4.79 Å². The number of hydrogen-bond donors (Lipinski definition) is 2. The van der Waals surface area contributed by atoms with E-state index in [1.807, 2.05) is 6.92 Å². The third-order valence-electron chi connectivity index (χ3n) is 2.80. The van der Waals surface area contributed by atoms with Crippen molar-refractivity contribution < 1.29 is 13.2 Å². The summed E-state index contributed by atoms with van der Waals surface area (Å²) in [6.07, 6.45) is 2.20. The molecule has 2 N–H and O–H groups in total. The molecule has 0 radical (unpaired) electrons. The lowest BCUT2D eigenvalue weighted by Gasteiger charge is -2.07. The monoisotopic (exact) mass is 257 g/mol. The third-order valence-corrected chi connectivity index (χ3v) is 4.63. The molecule has 2 rings (SSSR count). The normalized spacial score (nSPS) is 22.5. The lowest BCUT2D eigenvalue weighted by Crippen LogP contribution is -2.30. The zero-order valence-electron chi connectivity index (χ0n) is 9.56. The summed E-state index contributed by atoms with van der Waals surface area (Å²) in [6, 6.07) is 0. The van der Waals surface area contributed by atoms with Gasteiger partial charge in [0.1, 0.15) is 0 Å². The van der Waals surface area contributed by atoms with E-state index < -0.39 is 9.84 Å². The van der Waals surface area contributed by atoms with Crippen LogP contribution in [0.25, 0.3) is 0 Å². The molecule has 0 aromatic carbocycles. The number of imidazole rings is 1. The molecule has 0 saturated carbocycles. The molecule has 0 aliphatic carbocycles. The van der Waals surface area contributed by atoms with Gasteiger partial charge in [-0.15, -0.1) is 0 Å². The van der Waals surface area contributed by atoms with E-state index in [-0.39, 0.29) is 29.2 Å². The molecular formula is C10H15N3O3S. The van der Waals surface area contributed by atoms with Crippen LogP contribution in [-0.2, 0) is 9.84 Å². The zero-order valence-corrected chi connectivity index (χ0v) is 10.4. The smallest absolute Gasteiger partial charge is 0.287 e. The van der Waals surface area contributed by atoms with Crippen molar-refractivity contribution in [1.29, 1.82) is 0 Å². The number of carbonyl (C=O) groups is 1. The average molecular weight is 257 g/mol. The van der Waals surface area contributed by atoms with E-state index in [1.165, 1.54) is 0 Å². The molecule has 94 valence electrons.